The molecule has 3 rings (SSSR count). The van der Waals surface area contributed by atoms with Gasteiger partial charge in [0, 0.05) is 11.5 Å². The van der Waals surface area contributed by atoms with Crippen LogP contribution >= 0.6 is 11.3 Å². The second-order valence-electron chi connectivity index (χ2n) is 4.72. The summed E-state index contributed by atoms with van der Waals surface area (Å²) >= 11 is 1.22. The number of thiophene rings is 1. The average molecular weight is 336 g/mol. The molecule has 0 unspecified atom stereocenters. The standard InChI is InChI=1S/C17H8N2O4S/c1-22-17(21)16-14(15(20)13-3-2-4-24-13)11-5-9(7-18)10(8-19)6-12(11)23-16/h2-6H,1H3. The van der Waals surface area contributed by atoms with Gasteiger partial charge in [0.25, 0.3) is 0 Å². The van der Waals surface area contributed by atoms with Gasteiger partial charge in [-0.25, -0.2) is 4.79 Å². The number of methoxy groups -OCH3 is 1. The van der Waals surface area contributed by atoms with E-state index in [1.807, 2.05) is 12.1 Å². The van der Waals surface area contributed by atoms with E-state index in [0.29, 0.717) is 10.3 Å². The Morgan fingerprint density at radius 3 is 2.50 bits per heavy atom. The third kappa shape index (κ3) is 2.34. The molecule has 0 aliphatic rings. The average Bonchev–Trinajstić information content (AvgIpc) is 3.26. The van der Waals surface area contributed by atoms with Crippen LogP contribution in [0.3, 0.4) is 0 Å². The number of esters is 1. The number of carbonyl (C=O) groups excluding carboxylic acids is 2. The summed E-state index contributed by atoms with van der Waals surface area (Å²) in [7, 11) is 1.18. The van der Waals surface area contributed by atoms with Gasteiger partial charge >= 0.3 is 5.97 Å². The molecule has 0 aliphatic heterocycles. The normalized spacial score (nSPS) is 10.1. The van der Waals surface area contributed by atoms with Gasteiger partial charge in [-0.1, -0.05) is 6.07 Å². The SMILES string of the molecule is COC(=O)c1oc2cc(C#N)c(C#N)cc2c1C(=O)c1cccs1. The molecule has 0 aliphatic carbocycles. The zero-order valence-electron chi connectivity index (χ0n) is 12.3. The quantitative estimate of drug-likeness (QED) is 0.537. The van der Waals surface area contributed by atoms with Crippen molar-refractivity contribution in [2.24, 2.45) is 0 Å². The van der Waals surface area contributed by atoms with E-state index >= 15 is 0 Å². The molecule has 2 heterocycles. The lowest BCUT2D eigenvalue weighted by Gasteiger charge is -2.00. The number of fused-ring (bicyclic) bond motifs is 1. The van der Waals surface area contributed by atoms with E-state index in [0.717, 1.165) is 0 Å². The maximum absolute atomic E-state index is 12.8. The molecule has 0 bridgehead atoms. The van der Waals surface area contributed by atoms with Crippen molar-refractivity contribution in [1.82, 2.24) is 0 Å². The van der Waals surface area contributed by atoms with Crippen LogP contribution in [0.2, 0.25) is 0 Å². The molecule has 116 valence electrons. The van der Waals surface area contributed by atoms with Crippen molar-refractivity contribution in [3.8, 4) is 12.1 Å². The first kappa shape index (κ1) is 15.5. The number of furan rings is 1. The summed E-state index contributed by atoms with van der Waals surface area (Å²) in [4.78, 5) is 25.2. The highest BCUT2D eigenvalue weighted by Crippen LogP contribution is 2.32. The second-order valence-corrected chi connectivity index (χ2v) is 5.67. The van der Waals surface area contributed by atoms with Gasteiger partial charge in [0.1, 0.15) is 17.7 Å². The molecule has 3 aromatic rings. The number of rotatable bonds is 3. The maximum atomic E-state index is 12.8. The number of ether oxygens (including phenoxy) is 1. The first-order valence-electron chi connectivity index (χ1n) is 6.68. The molecule has 0 saturated heterocycles. The lowest BCUT2D eigenvalue weighted by molar-refractivity contribution is 0.0564. The van der Waals surface area contributed by atoms with Gasteiger partial charge in [-0.3, -0.25) is 4.79 Å². The monoisotopic (exact) mass is 336 g/mol. The molecular weight excluding hydrogens is 328 g/mol. The number of hydrogen-bond donors (Lipinski definition) is 0. The predicted octanol–water partition coefficient (Wildman–Crippen LogP) is 3.26. The molecule has 6 nitrogen and oxygen atoms in total. The Balaban J connectivity index is 2.36. The van der Waals surface area contributed by atoms with E-state index in [-0.39, 0.29) is 28.0 Å². The van der Waals surface area contributed by atoms with Crippen LogP contribution in [0.15, 0.2) is 34.1 Å². The first-order valence-corrected chi connectivity index (χ1v) is 7.56. The van der Waals surface area contributed by atoms with Crippen molar-refractivity contribution in [1.29, 1.82) is 10.5 Å². The van der Waals surface area contributed by atoms with Gasteiger partial charge in [0.2, 0.25) is 11.5 Å². The van der Waals surface area contributed by atoms with Gasteiger partial charge in [-0.05, 0) is 17.5 Å². The molecule has 0 N–H and O–H groups in total. The van der Waals surface area contributed by atoms with Crippen molar-refractivity contribution in [3.05, 3.63) is 57.0 Å². The lowest BCUT2D eigenvalue weighted by Crippen LogP contribution is -2.08. The molecule has 2 aromatic heterocycles. The van der Waals surface area contributed by atoms with Crippen LogP contribution < -0.4 is 0 Å². The van der Waals surface area contributed by atoms with Crippen LogP contribution in [-0.2, 0) is 4.74 Å². The van der Waals surface area contributed by atoms with Gasteiger partial charge in [-0.2, -0.15) is 10.5 Å². The summed E-state index contributed by atoms with van der Waals surface area (Å²) < 4.78 is 10.1. The molecule has 0 spiro atoms. The number of nitrogens with zero attached hydrogens (tertiary/aromatic N) is 2. The Labute approximate surface area is 140 Å². The van der Waals surface area contributed by atoms with Crippen molar-refractivity contribution >= 4 is 34.1 Å². The summed E-state index contributed by atoms with van der Waals surface area (Å²) in [6, 6.07) is 9.85. The summed E-state index contributed by atoms with van der Waals surface area (Å²) in [6.07, 6.45) is 0. The van der Waals surface area contributed by atoms with Crippen LogP contribution in [0.5, 0.6) is 0 Å². The highest BCUT2D eigenvalue weighted by molar-refractivity contribution is 7.12. The van der Waals surface area contributed by atoms with Crippen LogP contribution in [-0.4, -0.2) is 18.9 Å². The first-order chi connectivity index (χ1) is 11.6. The van der Waals surface area contributed by atoms with Gasteiger partial charge < -0.3 is 9.15 Å². The molecule has 0 fully saturated rings. The third-order valence-corrected chi connectivity index (χ3v) is 4.28. The Kier molecular flexibility index (Phi) is 3.87. The molecule has 0 radical (unpaired) electrons. The highest BCUT2D eigenvalue weighted by atomic mass is 32.1. The minimum absolute atomic E-state index is 0.0280. The fourth-order valence-corrected chi connectivity index (χ4v) is 2.99. The van der Waals surface area contributed by atoms with E-state index in [4.69, 9.17) is 9.68 Å². The summed E-state index contributed by atoms with van der Waals surface area (Å²) in [5.74, 6) is -1.45. The van der Waals surface area contributed by atoms with Gasteiger partial charge in [-0.15, -0.1) is 11.3 Å². The Morgan fingerprint density at radius 1 is 1.21 bits per heavy atom. The topological polar surface area (TPSA) is 104 Å². The summed E-state index contributed by atoms with van der Waals surface area (Å²) in [6.45, 7) is 0. The smallest absolute Gasteiger partial charge is 0.374 e. The number of ketones is 1. The lowest BCUT2D eigenvalue weighted by atomic mass is 10.0. The molecule has 0 amide bonds. The fourth-order valence-electron chi connectivity index (χ4n) is 2.32. The second kappa shape index (κ2) is 5.99. The Bertz CT molecular complexity index is 1050. The van der Waals surface area contributed by atoms with Crippen molar-refractivity contribution < 1.29 is 18.7 Å². The van der Waals surface area contributed by atoms with E-state index in [9.17, 15) is 14.9 Å². The largest absolute Gasteiger partial charge is 0.463 e. The van der Waals surface area contributed by atoms with E-state index in [1.165, 1.54) is 30.6 Å². The molecule has 1 aromatic carbocycles. The van der Waals surface area contributed by atoms with E-state index < -0.39 is 11.8 Å². The Morgan fingerprint density at radius 2 is 1.92 bits per heavy atom. The van der Waals surface area contributed by atoms with Gasteiger partial charge in [0.15, 0.2) is 0 Å². The predicted molar refractivity (Wildman–Crippen MR) is 84.7 cm³/mol. The zero-order chi connectivity index (χ0) is 17.3. The minimum atomic E-state index is -0.803. The molecule has 0 saturated carbocycles. The van der Waals surface area contributed by atoms with Crippen LogP contribution in [0.4, 0.5) is 0 Å². The number of benzene rings is 1. The molecule has 7 heteroatoms. The van der Waals surface area contributed by atoms with Crippen LogP contribution in [0.25, 0.3) is 11.0 Å². The molecule has 0 atom stereocenters. The van der Waals surface area contributed by atoms with E-state index in [1.54, 1.807) is 17.5 Å². The minimum Gasteiger partial charge on any atom is -0.463 e. The van der Waals surface area contributed by atoms with Crippen molar-refractivity contribution in [2.45, 2.75) is 0 Å². The molecule has 24 heavy (non-hydrogen) atoms. The number of hydrogen-bond acceptors (Lipinski definition) is 7. The van der Waals surface area contributed by atoms with Crippen molar-refractivity contribution in [3.63, 3.8) is 0 Å². The number of nitriles is 2. The van der Waals surface area contributed by atoms with Crippen molar-refractivity contribution in [2.75, 3.05) is 7.11 Å². The molecular formula is C17H8N2O4S. The highest BCUT2D eigenvalue weighted by Gasteiger charge is 2.28. The van der Waals surface area contributed by atoms with Crippen LogP contribution in [0.1, 0.15) is 36.9 Å². The zero-order valence-corrected chi connectivity index (χ0v) is 13.1. The third-order valence-electron chi connectivity index (χ3n) is 3.41. The maximum Gasteiger partial charge on any atom is 0.374 e. The van der Waals surface area contributed by atoms with Gasteiger partial charge in [0.05, 0.1) is 28.7 Å². The number of carbonyl (C=O) groups is 2. The Hall–Kier alpha value is -3.42. The fraction of sp³-hybridized carbons (Fsp3) is 0.0588. The van der Waals surface area contributed by atoms with Crippen LogP contribution in [0, 0.1) is 22.7 Å². The van der Waals surface area contributed by atoms with E-state index in [2.05, 4.69) is 4.74 Å². The summed E-state index contributed by atoms with van der Waals surface area (Å²) in [5, 5.41) is 20.3. The summed E-state index contributed by atoms with van der Waals surface area (Å²) in [5.41, 5.74) is 0.402.